The number of rotatable bonds is 6. The summed E-state index contributed by atoms with van der Waals surface area (Å²) in [7, 11) is 0. The molecule has 0 radical (unpaired) electrons. The summed E-state index contributed by atoms with van der Waals surface area (Å²) < 4.78 is 5.76. The van der Waals surface area contributed by atoms with E-state index in [1.54, 1.807) is 42.5 Å². The molecule has 0 fully saturated rings. The van der Waals surface area contributed by atoms with Gasteiger partial charge in [0.05, 0.1) is 11.5 Å². The largest absolute Gasteiger partial charge is 0.457 e. The van der Waals surface area contributed by atoms with Crippen molar-refractivity contribution in [2.45, 2.75) is 12.3 Å². The van der Waals surface area contributed by atoms with Crippen LogP contribution in [0.3, 0.4) is 0 Å². The first-order chi connectivity index (χ1) is 17.8. The number of amides is 2. The number of carbonyl (C=O) groups is 2. The molecule has 0 saturated heterocycles. The first kappa shape index (κ1) is 24.4. The van der Waals surface area contributed by atoms with Gasteiger partial charge in [-0.3, -0.25) is 19.4 Å². The van der Waals surface area contributed by atoms with Gasteiger partial charge in [0.25, 0.3) is 5.56 Å². The monoisotopic (exact) mass is 535 g/mol. The molecule has 0 aliphatic carbocycles. The molecule has 186 valence electrons. The molecule has 1 aliphatic rings. The lowest BCUT2D eigenvalue weighted by Gasteiger charge is -2.23. The first-order valence-electron chi connectivity index (χ1n) is 11.1. The van der Waals surface area contributed by atoms with Gasteiger partial charge in [-0.25, -0.2) is 0 Å². The van der Waals surface area contributed by atoms with Crippen molar-refractivity contribution < 1.29 is 14.3 Å². The fourth-order valence-electron chi connectivity index (χ4n) is 3.88. The number of aromatic nitrogens is 2. The van der Waals surface area contributed by atoms with Crippen LogP contribution in [0.1, 0.15) is 17.9 Å². The van der Waals surface area contributed by atoms with E-state index in [1.807, 2.05) is 30.3 Å². The van der Waals surface area contributed by atoms with Gasteiger partial charge >= 0.3 is 0 Å². The van der Waals surface area contributed by atoms with Crippen LogP contribution in [0.5, 0.6) is 11.5 Å². The van der Waals surface area contributed by atoms with Crippen molar-refractivity contribution in [3.05, 3.63) is 98.8 Å². The summed E-state index contributed by atoms with van der Waals surface area (Å²) in [5, 5.41) is 9.00. The summed E-state index contributed by atoms with van der Waals surface area (Å²) >= 11 is 12.0. The Morgan fingerprint density at radius 1 is 0.919 bits per heavy atom. The molecule has 4 N–H and O–H groups in total. The molecule has 1 aromatic heterocycles. The number of nitrogens with one attached hydrogen (secondary N) is 4. The number of anilines is 4. The quantitative estimate of drug-likeness (QED) is 0.252. The van der Waals surface area contributed by atoms with Crippen molar-refractivity contribution in [1.29, 1.82) is 0 Å². The van der Waals surface area contributed by atoms with E-state index in [0.717, 1.165) is 0 Å². The van der Waals surface area contributed by atoms with Gasteiger partial charge in [0.2, 0.25) is 17.8 Å². The Morgan fingerprint density at radius 3 is 2.30 bits per heavy atom. The standard InChI is InChI=1S/C26H19Cl2N5O4/c27-14-10-15(28)12-17(11-14)30-26-32-23-22(25(36)33-26)20(13-21(34)31-23)24(35)29-16-6-8-19(9-7-16)37-18-4-2-1-3-5-18/h1-12,20H,13H2,(H,29,35)(H3,30,31,32,33,34,36). The van der Waals surface area contributed by atoms with Crippen molar-refractivity contribution in [3.8, 4) is 11.5 Å². The number of H-pyrrole nitrogens is 1. The van der Waals surface area contributed by atoms with E-state index >= 15 is 0 Å². The lowest BCUT2D eigenvalue weighted by atomic mass is 9.92. The van der Waals surface area contributed by atoms with E-state index < -0.39 is 23.3 Å². The molecule has 9 nitrogen and oxygen atoms in total. The third-order valence-electron chi connectivity index (χ3n) is 5.49. The van der Waals surface area contributed by atoms with Crippen LogP contribution in [0.15, 0.2) is 77.6 Å². The second kappa shape index (κ2) is 10.3. The topological polar surface area (TPSA) is 125 Å². The maximum atomic E-state index is 13.1. The predicted octanol–water partition coefficient (Wildman–Crippen LogP) is 5.68. The Balaban J connectivity index is 1.34. The molecule has 4 aromatic rings. The van der Waals surface area contributed by atoms with Crippen LogP contribution in [0.25, 0.3) is 0 Å². The number of fused-ring (bicyclic) bond motifs is 1. The maximum absolute atomic E-state index is 13.1. The molecule has 2 amide bonds. The first-order valence-corrected chi connectivity index (χ1v) is 11.9. The van der Waals surface area contributed by atoms with Crippen LogP contribution in [-0.4, -0.2) is 21.8 Å². The van der Waals surface area contributed by atoms with Crippen molar-refractivity contribution >= 4 is 58.2 Å². The normalized spacial score (nSPS) is 14.3. The molecular formula is C26H19Cl2N5O4. The van der Waals surface area contributed by atoms with Gasteiger partial charge in [0, 0.05) is 27.8 Å². The summed E-state index contributed by atoms with van der Waals surface area (Å²) in [5.74, 6) is -0.650. The summed E-state index contributed by atoms with van der Waals surface area (Å²) in [6.07, 6.45) is -0.199. The molecule has 0 spiro atoms. The number of hydrogen-bond acceptors (Lipinski definition) is 6. The van der Waals surface area contributed by atoms with E-state index in [0.29, 0.717) is 32.9 Å². The Labute approximate surface area is 220 Å². The Bertz CT molecular complexity index is 1520. The molecule has 1 aliphatic heterocycles. The van der Waals surface area contributed by atoms with E-state index in [9.17, 15) is 14.4 Å². The third kappa shape index (κ3) is 5.74. The zero-order valence-electron chi connectivity index (χ0n) is 19.0. The van der Waals surface area contributed by atoms with Crippen molar-refractivity contribution in [1.82, 2.24) is 9.97 Å². The van der Waals surface area contributed by atoms with Gasteiger partial charge in [0.1, 0.15) is 17.3 Å². The number of aromatic amines is 1. The van der Waals surface area contributed by atoms with E-state index in [1.165, 1.54) is 0 Å². The van der Waals surface area contributed by atoms with Crippen LogP contribution >= 0.6 is 23.2 Å². The number of nitrogens with zero attached hydrogens (tertiary/aromatic N) is 1. The second-order valence-corrected chi connectivity index (χ2v) is 9.07. The van der Waals surface area contributed by atoms with Crippen LogP contribution in [0.4, 0.5) is 23.1 Å². The summed E-state index contributed by atoms with van der Waals surface area (Å²) in [4.78, 5) is 45.3. The van der Waals surface area contributed by atoms with Crippen molar-refractivity contribution in [2.24, 2.45) is 0 Å². The molecule has 3 aromatic carbocycles. The van der Waals surface area contributed by atoms with Crippen molar-refractivity contribution in [3.63, 3.8) is 0 Å². The summed E-state index contributed by atoms with van der Waals surface area (Å²) in [6, 6.07) is 20.8. The minimum absolute atomic E-state index is 0.00221. The molecule has 1 atom stereocenters. The van der Waals surface area contributed by atoms with E-state index in [2.05, 4.69) is 25.9 Å². The molecule has 2 heterocycles. The highest BCUT2D eigenvalue weighted by molar-refractivity contribution is 6.35. The zero-order chi connectivity index (χ0) is 25.9. The molecule has 11 heteroatoms. The lowest BCUT2D eigenvalue weighted by Crippen LogP contribution is -2.36. The molecule has 5 rings (SSSR count). The molecule has 0 bridgehead atoms. The minimum atomic E-state index is -1.03. The molecule has 0 saturated carbocycles. The highest BCUT2D eigenvalue weighted by Crippen LogP contribution is 2.31. The average molecular weight is 536 g/mol. The third-order valence-corrected chi connectivity index (χ3v) is 5.93. The molecule has 37 heavy (non-hydrogen) atoms. The van der Waals surface area contributed by atoms with Gasteiger partial charge in [-0.15, -0.1) is 0 Å². The second-order valence-electron chi connectivity index (χ2n) is 8.19. The van der Waals surface area contributed by atoms with Gasteiger partial charge in [-0.05, 0) is 54.6 Å². The fraction of sp³-hybridized carbons (Fsp3) is 0.0769. The Kier molecular flexibility index (Phi) is 6.80. The summed E-state index contributed by atoms with van der Waals surface area (Å²) in [6.45, 7) is 0. The van der Waals surface area contributed by atoms with Crippen LogP contribution in [0.2, 0.25) is 10.0 Å². The van der Waals surface area contributed by atoms with Gasteiger partial charge < -0.3 is 20.7 Å². The van der Waals surface area contributed by atoms with Gasteiger partial charge in [-0.1, -0.05) is 41.4 Å². The van der Waals surface area contributed by atoms with Gasteiger partial charge in [-0.2, -0.15) is 4.98 Å². The average Bonchev–Trinajstić information content (AvgIpc) is 2.84. The number of para-hydroxylation sites is 1. The number of hydrogen-bond donors (Lipinski definition) is 4. The van der Waals surface area contributed by atoms with Gasteiger partial charge in [0.15, 0.2) is 0 Å². The fourth-order valence-corrected chi connectivity index (χ4v) is 4.40. The predicted molar refractivity (Wildman–Crippen MR) is 142 cm³/mol. The SMILES string of the molecule is O=C1CC(C(=O)Nc2ccc(Oc3ccccc3)cc2)c2c(nc(Nc3cc(Cl)cc(Cl)c3)[nH]c2=O)N1. The minimum Gasteiger partial charge on any atom is -0.457 e. The zero-order valence-corrected chi connectivity index (χ0v) is 20.6. The van der Waals surface area contributed by atoms with Crippen LogP contribution < -0.4 is 26.2 Å². The lowest BCUT2D eigenvalue weighted by molar-refractivity contribution is -0.123. The molecule has 1 unspecified atom stereocenters. The summed E-state index contributed by atoms with van der Waals surface area (Å²) in [5.41, 5.74) is 0.471. The Morgan fingerprint density at radius 2 is 1.59 bits per heavy atom. The van der Waals surface area contributed by atoms with E-state index in [4.69, 9.17) is 27.9 Å². The van der Waals surface area contributed by atoms with Crippen LogP contribution in [0, 0.1) is 0 Å². The Hall–Kier alpha value is -4.34. The smallest absolute Gasteiger partial charge is 0.258 e. The number of benzene rings is 3. The number of halogens is 2. The maximum Gasteiger partial charge on any atom is 0.258 e. The highest BCUT2D eigenvalue weighted by Gasteiger charge is 2.34. The number of carbonyl (C=O) groups excluding carboxylic acids is 2. The highest BCUT2D eigenvalue weighted by atomic mass is 35.5. The number of ether oxygens (including phenoxy) is 1. The van der Waals surface area contributed by atoms with Crippen LogP contribution in [-0.2, 0) is 9.59 Å². The van der Waals surface area contributed by atoms with Crippen molar-refractivity contribution in [2.75, 3.05) is 16.0 Å². The van der Waals surface area contributed by atoms with E-state index in [-0.39, 0.29) is 23.8 Å². The molecular weight excluding hydrogens is 517 g/mol.